The summed E-state index contributed by atoms with van der Waals surface area (Å²) < 4.78 is 4.71. The van der Waals surface area contributed by atoms with E-state index in [-0.39, 0.29) is 17.9 Å². The molecular formula is C12H17NO2. The maximum Gasteiger partial charge on any atom is 0.338 e. The molecule has 0 aromatic heterocycles. The largest absolute Gasteiger partial charge is 0.465 e. The van der Waals surface area contributed by atoms with E-state index in [2.05, 4.69) is 0 Å². The molecule has 0 saturated carbocycles. The molecule has 1 atom stereocenters. The van der Waals surface area contributed by atoms with Gasteiger partial charge < -0.3 is 10.5 Å². The average Bonchev–Trinajstić information content (AvgIpc) is 2.27. The molecule has 0 heterocycles. The van der Waals surface area contributed by atoms with Gasteiger partial charge in [0.1, 0.15) is 0 Å². The molecular weight excluding hydrogens is 190 g/mol. The minimum Gasteiger partial charge on any atom is -0.465 e. The van der Waals surface area contributed by atoms with Crippen molar-refractivity contribution in [2.45, 2.75) is 19.9 Å². The Morgan fingerprint density at radius 2 is 1.93 bits per heavy atom. The molecule has 0 fully saturated rings. The summed E-state index contributed by atoms with van der Waals surface area (Å²) in [7, 11) is 1.38. The minimum absolute atomic E-state index is 0.139. The number of hydrogen-bond donors (Lipinski definition) is 1. The summed E-state index contributed by atoms with van der Waals surface area (Å²) in [6.07, 6.45) is 0. The molecule has 0 amide bonds. The van der Waals surface area contributed by atoms with Crippen molar-refractivity contribution in [1.29, 1.82) is 0 Å². The van der Waals surface area contributed by atoms with Crippen LogP contribution in [0.1, 0.15) is 35.8 Å². The first-order chi connectivity index (χ1) is 7.07. The number of carbonyl (C=O) groups excluding carboxylic acids is 1. The zero-order valence-electron chi connectivity index (χ0n) is 9.36. The van der Waals surface area contributed by atoms with Gasteiger partial charge >= 0.3 is 5.97 Å². The van der Waals surface area contributed by atoms with E-state index in [4.69, 9.17) is 10.5 Å². The molecule has 3 nitrogen and oxygen atoms in total. The van der Waals surface area contributed by atoms with Gasteiger partial charge in [0.25, 0.3) is 0 Å². The lowest BCUT2D eigenvalue weighted by Crippen LogP contribution is -2.20. The molecule has 1 aromatic rings. The third-order valence-corrected chi connectivity index (χ3v) is 2.44. The van der Waals surface area contributed by atoms with E-state index >= 15 is 0 Å². The molecule has 1 rings (SSSR count). The van der Waals surface area contributed by atoms with Crippen molar-refractivity contribution in [1.82, 2.24) is 0 Å². The molecule has 15 heavy (non-hydrogen) atoms. The Morgan fingerprint density at radius 3 is 2.47 bits per heavy atom. The molecule has 1 aromatic carbocycles. The number of hydrogen-bond acceptors (Lipinski definition) is 3. The van der Waals surface area contributed by atoms with Crippen LogP contribution in [0.2, 0.25) is 0 Å². The van der Waals surface area contributed by atoms with Crippen molar-refractivity contribution in [3.63, 3.8) is 0 Å². The van der Waals surface area contributed by atoms with E-state index in [1.54, 1.807) is 6.07 Å². The van der Waals surface area contributed by atoms with Crippen LogP contribution in [0.3, 0.4) is 0 Å². The molecule has 3 heteroatoms. The lowest BCUT2D eigenvalue weighted by Gasteiger charge is -2.18. The van der Waals surface area contributed by atoms with Gasteiger partial charge in [0.2, 0.25) is 0 Å². The second-order valence-corrected chi connectivity index (χ2v) is 3.85. The van der Waals surface area contributed by atoms with E-state index < -0.39 is 0 Å². The van der Waals surface area contributed by atoms with E-state index in [1.807, 2.05) is 32.0 Å². The smallest absolute Gasteiger partial charge is 0.338 e. The monoisotopic (exact) mass is 207 g/mol. The molecule has 0 saturated heterocycles. The van der Waals surface area contributed by atoms with Gasteiger partial charge in [0, 0.05) is 6.04 Å². The summed E-state index contributed by atoms with van der Waals surface area (Å²) in [5.41, 5.74) is 7.43. The highest BCUT2D eigenvalue weighted by Gasteiger charge is 2.18. The van der Waals surface area contributed by atoms with Gasteiger partial charge in [-0.2, -0.15) is 0 Å². The standard InChI is InChI=1S/C12H17NO2/c1-8(2)11(13)9-6-4-5-7-10(9)12(14)15-3/h4-8,11H,13H2,1-3H3. The zero-order chi connectivity index (χ0) is 11.4. The molecule has 2 N–H and O–H groups in total. The van der Waals surface area contributed by atoms with Gasteiger partial charge in [-0.3, -0.25) is 0 Å². The fourth-order valence-electron chi connectivity index (χ4n) is 1.44. The SMILES string of the molecule is COC(=O)c1ccccc1C(N)C(C)C. The van der Waals surface area contributed by atoms with E-state index in [0.29, 0.717) is 5.56 Å². The second kappa shape index (κ2) is 4.94. The second-order valence-electron chi connectivity index (χ2n) is 3.85. The highest BCUT2D eigenvalue weighted by Crippen LogP contribution is 2.22. The predicted molar refractivity (Wildman–Crippen MR) is 59.5 cm³/mol. The first kappa shape index (κ1) is 11.7. The summed E-state index contributed by atoms with van der Waals surface area (Å²) in [6.45, 7) is 4.05. The quantitative estimate of drug-likeness (QED) is 0.772. The van der Waals surface area contributed by atoms with Crippen LogP contribution >= 0.6 is 0 Å². The Kier molecular flexibility index (Phi) is 3.86. The zero-order valence-corrected chi connectivity index (χ0v) is 9.36. The summed E-state index contributed by atoms with van der Waals surface area (Å²) in [5.74, 6) is -0.0440. The summed E-state index contributed by atoms with van der Waals surface area (Å²) >= 11 is 0. The molecule has 1 unspecified atom stereocenters. The van der Waals surface area contributed by atoms with Crippen molar-refractivity contribution in [3.8, 4) is 0 Å². The Morgan fingerprint density at radius 1 is 1.33 bits per heavy atom. The lowest BCUT2D eigenvalue weighted by atomic mass is 9.93. The highest BCUT2D eigenvalue weighted by molar-refractivity contribution is 5.91. The normalized spacial score (nSPS) is 12.6. The van der Waals surface area contributed by atoms with Crippen molar-refractivity contribution in [2.24, 2.45) is 11.7 Å². The maximum atomic E-state index is 11.5. The Bertz CT molecular complexity index is 347. The Balaban J connectivity index is 3.11. The highest BCUT2D eigenvalue weighted by atomic mass is 16.5. The summed E-state index contributed by atoms with van der Waals surface area (Å²) in [4.78, 5) is 11.5. The summed E-state index contributed by atoms with van der Waals surface area (Å²) in [6, 6.07) is 7.16. The number of nitrogens with two attached hydrogens (primary N) is 1. The van der Waals surface area contributed by atoms with Crippen LogP contribution in [0.5, 0.6) is 0 Å². The van der Waals surface area contributed by atoms with E-state index in [9.17, 15) is 4.79 Å². The molecule has 0 aliphatic rings. The fraction of sp³-hybridized carbons (Fsp3) is 0.417. The van der Waals surface area contributed by atoms with Gasteiger partial charge in [-0.25, -0.2) is 4.79 Å². The number of ether oxygens (including phenoxy) is 1. The number of rotatable bonds is 3. The number of benzene rings is 1. The number of esters is 1. The summed E-state index contributed by atoms with van der Waals surface area (Å²) in [5, 5.41) is 0. The Labute approximate surface area is 90.2 Å². The van der Waals surface area contributed by atoms with Crippen molar-refractivity contribution >= 4 is 5.97 Å². The van der Waals surface area contributed by atoms with Gasteiger partial charge in [0.15, 0.2) is 0 Å². The molecule has 0 aliphatic carbocycles. The average molecular weight is 207 g/mol. The lowest BCUT2D eigenvalue weighted by molar-refractivity contribution is 0.0598. The first-order valence-corrected chi connectivity index (χ1v) is 5.00. The van der Waals surface area contributed by atoms with Crippen LogP contribution in [0.25, 0.3) is 0 Å². The van der Waals surface area contributed by atoms with E-state index in [0.717, 1.165) is 5.56 Å². The van der Waals surface area contributed by atoms with Crippen molar-refractivity contribution in [2.75, 3.05) is 7.11 Å². The minimum atomic E-state index is -0.332. The molecule has 0 spiro atoms. The van der Waals surface area contributed by atoms with Crippen molar-refractivity contribution < 1.29 is 9.53 Å². The van der Waals surface area contributed by atoms with Crippen LogP contribution in [-0.4, -0.2) is 13.1 Å². The van der Waals surface area contributed by atoms with Crippen LogP contribution in [0.15, 0.2) is 24.3 Å². The van der Waals surface area contributed by atoms with E-state index in [1.165, 1.54) is 7.11 Å². The van der Waals surface area contributed by atoms with Crippen LogP contribution in [-0.2, 0) is 4.74 Å². The van der Waals surface area contributed by atoms with Gasteiger partial charge in [-0.15, -0.1) is 0 Å². The van der Waals surface area contributed by atoms with Gasteiger partial charge in [-0.1, -0.05) is 32.0 Å². The first-order valence-electron chi connectivity index (χ1n) is 5.00. The molecule has 82 valence electrons. The third kappa shape index (κ3) is 2.57. The maximum absolute atomic E-state index is 11.5. The molecule has 0 bridgehead atoms. The van der Waals surface area contributed by atoms with Crippen LogP contribution in [0.4, 0.5) is 0 Å². The number of methoxy groups -OCH3 is 1. The fourth-order valence-corrected chi connectivity index (χ4v) is 1.44. The Hall–Kier alpha value is -1.35. The molecule has 0 radical (unpaired) electrons. The molecule has 0 aliphatic heterocycles. The van der Waals surface area contributed by atoms with Crippen LogP contribution < -0.4 is 5.73 Å². The van der Waals surface area contributed by atoms with Crippen LogP contribution in [0, 0.1) is 5.92 Å². The third-order valence-electron chi connectivity index (χ3n) is 2.44. The van der Waals surface area contributed by atoms with Crippen molar-refractivity contribution in [3.05, 3.63) is 35.4 Å². The van der Waals surface area contributed by atoms with Gasteiger partial charge in [0.05, 0.1) is 12.7 Å². The number of carbonyl (C=O) groups is 1. The topological polar surface area (TPSA) is 52.3 Å². The van der Waals surface area contributed by atoms with Gasteiger partial charge in [-0.05, 0) is 17.5 Å². The predicted octanol–water partition coefficient (Wildman–Crippen LogP) is 2.13.